The number of ether oxygens (including phenoxy) is 1. The van der Waals surface area contributed by atoms with E-state index in [0.717, 1.165) is 19.4 Å². The highest BCUT2D eigenvalue weighted by atomic mass is 16.5. The number of allylic oxidation sites excluding steroid dienone is 5. The summed E-state index contributed by atoms with van der Waals surface area (Å²) in [6, 6.07) is 0. The largest absolute Gasteiger partial charge is 0.463 e. The van der Waals surface area contributed by atoms with Gasteiger partial charge in [0.15, 0.2) is 0 Å². The molecule has 1 atom stereocenters. The van der Waals surface area contributed by atoms with Crippen molar-refractivity contribution in [1.82, 2.24) is 0 Å². The first-order chi connectivity index (χ1) is 15.8. The van der Waals surface area contributed by atoms with Gasteiger partial charge in [-0.2, -0.15) is 0 Å². The molecule has 0 saturated carbocycles. The van der Waals surface area contributed by atoms with Gasteiger partial charge in [0, 0.05) is 18.3 Å². The van der Waals surface area contributed by atoms with Gasteiger partial charge < -0.3 is 4.74 Å². The third-order valence-corrected chi connectivity index (χ3v) is 6.00. The molecule has 0 saturated heterocycles. The van der Waals surface area contributed by atoms with Crippen molar-refractivity contribution in [1.29, 1.82) is 0 Å². The Bertz CT molecular complexity index is 574. The molecule has 1 rings (SSSR count). The summed E-state index contributed by atoms with van der Waals surface area (Å²) < 4.78 is 4.95. The Balaban J connectivity index is 1.95. The molecule has 182 valence electrons. The van der Waals surface area contributed by atoms with E-state index < -0.39 is 0 Å². The molecule has 0 aromatic heterocycles. The number of aliphatic imine (C=N–C) groups is 1. The van der Waals surface area contributed by atoms with Gasteiger partial charge in [-0.3, -0.25) is 4.99 Å². The normalized spacial score (nSPS) is 17.7. The highest BCUT2D eigenvalue weighted by Gasteiger charge is 2.11. The second kappa shape index (κ2) is 21.2. The maximum atomic E-state index is 11.5. The van der Waals surface area contributed by atoms with Crippen LogP contribution in [0.4, 0.5) is 0 Å². The van der Waals surface area contributed by atoms with E-state index in [1.54, 1.807) is 6.08 Å². The summed E-state index contributed by atoms with van der Waals surface area (Å²) in [5, 5.41) is 0. The van der Waals surface area contributed by atoms with Crippen LogP contribution in [0.25, 0.3) is 0 Å². The molecule has 0 aromatic rings. The van der Waals surface area contributed by atoms with Crippen LogP contribution in [0.2, 0.25) is 0 Å². The third kappa shape index (κ3) is 17.0. The van der Waals surface area contributed by atoms with Crippen molar-refractivity contribution < 1.29 is 9.53 Å². The van der Waals surface area contributed by atoms with Gasteiger partial charge in [0.25, 0.3) is 0 Å². The summed E-state index contributed by atoms with van der Waals surface area (Å²) in [4.78, 5) is 16.2. The molecule has 0 spiro atoms. The Labute approximate surface area is 198 Å². The Kier molecular flexibility index (Phi) is 18.8. The van der Waals surface area contributed by atoms with Crippen molar-refractivity contribution in [3.8, 4) is 0 Å². The maximum absolute atomic E-state index is 11.5. The van der Waals surface area contributed by atoms with Crippen molar-refractivity contribution in [2.75, 3.05) is 13.2 Å². The summed E-state index contributed by atoms with van der Waals surface area (Å²) in [6.45, 7) is 5.46. The van der Waals surface area contributed by atoms with Crippen LogP contribution in [0.1, 0.15) is 117 Å². The Morgan fingerprint density at radius 3 is 2.22 bits per heavy atom. The van der Waals surface area contributed by atoms with Gasteiger partial charge in [-0.15, -0.1) is 0 Å². The van der Waals surface area contributed by atoms with E-state index in [9.17, 15) is 4.79 Å². The average molecular weight is 444 g/mol. The van der Waals surface area contributed by atoms with E-state index >= 15 is 0 Å². The second-order valence-corrected chi connectivity index (χ2v) is 9.02. The van der Waals surface area contributed by atoms with Gasteiger partial charge in [-0.1, -0.05) is 89.0 Å². The highest BCUT2D eigenvalue weighted by Crippen LogP contribution is 2.18. The lowest BCUT2D eigenvalue weighted by Crippen LogP contribution is -2.10. The predicted molar refractivity (Wildman–Crippen MR) is 139 cm³/mol. The Morgan fingerprint density at radius 2 is 1.56 bits per heavy atom. The predicted octanol–water partition coefficient (Wildman–Crippen LogP) is 8.55. The highest BCUT2D eigenvalue weighted by molar-refractivity contribution is 5.96. The van der Waals surface area contributed by atoms with E-state index in [2.05, 4.69) is 31.2 Å². The second-order valence-electron chi connectivity index (χ2n) is 9.02. The number of hydrogen-bond acceptors (Lipinski definition) is 3. The van der Waals surface area contributed by atoms with Gasteiger partial charge in [0.05, 0.1) is 6.61 Å². The maximum Gasteiger partial charge on any atom is 0.330 e. The molecule has 0 bridgehead atoms. The summed E-state index contributed by atoms with van der Waals surface area (Å²) in [5.74, 6) is 0.118. The fourth-order valence-corrected chi connectivity index (χ4v) is 4.05. The van der Waals surface area contributed by atoms with Gasteiger partial charge in [-0.25, -0.2) is 4.79 Å². The van der Waals surface area contributed by atoms with Crippen LogP contribution in [0, 0.1) is 5.92 Å². The quantitative estimate of drug-likeness (QED) is 0.0868. The standard InChI is InChI=1S/C29H49NO2/c1-3-5-6-7-8-9-10-11-12-13-14-15-16-17-18-19-25-30-28-22-20-21-27(26-28)23-24-29(31)32-4-2/h11-12,20,22-24,27H,3-10,13-19,21,25-26H2,1-2H3. The molecular weight excluding hydrogens is 394 g/mol. The fraction of sp³-hybridized carbons (Fsp3) is 0.724. The molecular formula is C29H49NO2. The summed E-state index contributed by atoms with van der Waals surface area (Å²) in [7, 11) is 0. The van der Waals surface area contributed by atoms with Gasteiger partial charge in [-0.05, 0) is 63.9 Å². The first-order valence-corrected chi connectivity index (χ1v) is 13.5. The fourth-order valence-electron chi connectivity index (χ4n) is 4.05. The minimum Gasteiger partial charge on any atom is -0.463 e. The van der Waals surface area contributed by atoms with Crippen molar-refractivity contribution >= 4 is 11.7 Å². The molecule has 0 aliphatic heterocycles. The number of unbranched alkanes of at least 4 members (excludes halogenated alkanes) is 12. The summed E-state index contributed by atoms with van der Waals surface area (Å²) in [5.41, 5.74) is 1.17. The Hall–Kier alpha value is -1.64. The zero-order valence-corrected chi connectivity index (χ0v) is 21.0. The van der Waals surface area contributed by atoms with E-state index in [-0.39, 0.29) is 5.97 Å². The zero-order valence-electron chi connectivity index (χ0n) is 21.0. The molecule has 1 unspecified atom stereocenters. The minimum absolute atomic E-state index is 0.246. The number of nitrogens with zero attached hydrogens (tertiary/aromatic N) is 1. The van der Waals surface area contributed by atoms with Crippen LogP contribution in [0.15, 0.2) is 41.4 Å². The summed E-state index contributed by atoms with van der Waals surface area (Å²) >= 11 is 0. The molecule has 32 heavy (non-hydrogen) atoms. The molecule has 0 heterocycles. The number of hydrogen-bond donors (Lipinski definition) is 0. The van der Waals surface area contributed by atoms with Gasteiger partial charge in [0.1, 0.15) is 0 Å². The van der Waals surface area contributed by atoms with Crippen LogP contribution in [0.5, 0.6) is 0 Å². The zero-order chi connectivity index (χ0) is 23.1. The van der Waals surface area contributed by atoms with Crippen molar-refractivity contribution in [2.45, 2.75) is 117 Å². The molecule has 1 aliphatic rings. The Morgan fingerprint density at radius 1 is 0.938 bits per heavy atom. The molecule has 0 fully saturated rings. The van der Waals surface area contributed by atoms with Crippen molar-refractivity contribution in [3.05, 3.63) is 36.5 Å². The minimum atomic E-state index is -0.246. The molecule has 0 aromatic carbocycles. The number of carbonyl (C=O) groups excluding carboxylic acids is 1. The molecule has 0 amide bonds. The molecule has 3 heteroatoms. The van der Waals surface area contributed by atoms with Crippen LogP contribution in [-0.4, -0.2) is 24.8 Å². The van der Waals surface area contributed by atoms with Gasteiger partial charge in [0.2, 0.25) is 0 Å². The van der Waals surface area contributed by atoms with Gasteiger partial charge >= 0.3 is 5.97 Å². The first kappa shape index (κ1) is 28.4. The molecule has 0 radical (unpaired) electrons. The topological polar surface area (TPSA) is 38.7 Å². The number of rotatable bonds is 19. The van der Waals surface area contributed by atoms with E-state index in [0.29, 0.717) is 12.5 Å². The summed E-state index contributed by atoms with van der Waals surface area (Å²) in [6.07, 6.45) is 33.2. The van der Waals surface area contributed by atoms with Crippen LogP contribution in [-0.2, 0) is 9.53 Å². The lowest BCUT2D eigenvalue weighted by atomic mass is 9.92. The monoisotopic (exact) mass is 443 g/mol. The van der Waals surface area contributed by atoms with Crippen LogP contribution < -0.4 is 0 Å². The SMILES string of the molecule is CCCCCCCCC=CCCCCCCCCN=C1C=CCC(C=CC(=O)OCC)C1. The van der Waals surface area contributed by atoms with Crippen LogP contribution in [0.3, 0.4) is 0 Å². The average Bonchev–Trinajstić information content (AvgIpc) is 2.80. The van der Waals surface area contributed by atoms with E-state index in [1.165, 1.54) is 95.6 Å². The smallest absolute Gasteiger partial charge is 0.330 e. The third-order valence-electron chi connectivity index (χ3n) is 6.00. The lowest BCUT2D eigenvalue weighted by Gasteiger charge is -2.15. The van der Waals surface area contributed by atoms with Crippen molar-refractivity contribution in [2.24, 2.45) is 10.9 Å². The number of carbonyl (C=O) groups is 1. The molecule has 0 N–H and O–H groups in total. The van der Waals surface area contributed by atoms with Crippen molar-refractivity contribution in [3.63, 3.8) is 0 Å². The lowest BCUT2D eigenvalue weighted by molar-refractivity contribution is -0.137. The molecule has 3 nitrogen and oxygen atoms in total. The first-order valence-electron chi connectivity index (χ1n) is 13.5. The number of esters is 1. The van der Waals surface area contributed by atoms with E-state index in [4.69, 9.17) is 9.73 Å². The molecule has 1 aliphatic carbocycles. The van der Waals surface area contributed by atoms with E-state index in [1.807, 2.05) is 13.0 Å². The van der Waals surface area contributed by atoms with Crippen LogP contribution >= 0.6 is 0 Å².